The lowest BCUT2D eigenvalue weighted by Crippen LogP contribution is -2.50. The lowest BCUT2D eigenvalue weighted by molar-refractivity contribution is -0.160. The number of carbonyl (C=O) groups excluding carboxylic acids is 2. The van der Waals surface area contributed by atoms with Gasteiger partial charge >= 0.3 is 6.03 Å². The van der Waals surface area contributed by atoms with Gasteiger partial charge in [-0.25, -0.2) is 4.79 Å². The number of nitrogens with zero attached hydrogens (tertiary/aromatic N) is 2. The zero-order chi connectivity index (χ0) is 22.6. The Labute approximate surface area is 193 Å². The summed E-state index contributed by atoms with van der Waals surface area (Å²) in [5.41, 5.74) is 1.33. The summed E-state index contributed by atoms with van der Waals surface area (Å²) in [6, 6.07) is 5.54. The van der Waals surface area contributed by atoms with Gasteiger partial charge in [-0.2, -0.15) is 0 Å². The van der Waals surface area contributed by atoms with Crippen LogP contribution >= 0.6 is 15.9 Å². The summed E-state index contributed by atoms with van der Waals surface area (Å²) in [6.45, 7) is 5.73. The van der Waals surface area contributed by atoms with E-state index < -0.39 is 0 Å². The van der Waals surface area contributed by atoms with Crippen molar-refractivity contribution in [3.05, 3.63) is 28.9 Å². The molecule has 0 spiro atoms. The minimum absolute atomic E-state index is 0.0238. The Bertz CT molecular complexity index is 934. The average Bonchev–Trinajstić information content (AvgIpc) is 3.07. The van der Waals surface area contributed by atoms with Gasteiger partial charge in [0.15, 0.2) is 0 Å². The Kier molecular flexibility index (Phi) is 7.81. The van der Waals surface area contributed by atoms with E-state index in [1.165, 1.54) is 24.2 Å². The molecule has 1 atom stereocenters. The highest BCUT2D eigenvalue weighted by Crippen LogP contribution is 2.44. The highest BCUT2D eigenvalue weighted by atomic mass is 79.9. The molecule has 1 N–H and O–H groups in total. The van der Waals surface area contributed by atoms with Crippen LogP contribution in [0.4, 0.5) is 10.5 Å². The van der Waals surface area contributed by atoms with Gasteiger partial charge in [-0.1, -0.05) is 61.5 Å². The van der Waals surface area contributed by atoms with E-state index in [4.69, 9.17) is 4.74 Å². The first-order valence-electron chi connectivity index (χ1n) is 11.2. The summed E-state index contributed by atoms with van der Waals surface area (Å²) in [5.74, 6) is 0.464. The molecular weight excluding hydrogens is 458 g/mol. The fourth-order valence-electron chi connectivity index (χ4n) is 4.66. The molecule has 0 radical (unpaired) electrons. The number of hydrogen-bond donors (Lipinski definition) is 1. The molecule has 170 valence electrons. The predicted molar refractivity (Wildman–Crippen MR) is 129 cm³/mol. The van der Waals surface area contributed by atoms with Crippen LogP contribution in [0.15, 0.2) is 28.9 Å². The maximum Gasteiger partial charge on any atom is 0.328 e. The van der Waals surface area contributed by atoms with Gasteiger partial charge in [-0.3, -0.25) is 9.36 Å². The van der Waals surface area contributed by atoms with Crippen LogP contribution in [0.5, 0.6) is 0 Å². The van der Waals surface area contributed by atoms with Crippen molar-refractivity contribution < 1.29 is 14.3 Å². The molecule has 0 saturated carbocycles. The van der Waals surface area contributed by atoms with E-state index in [2.05, 4.69) is 35.1 Å². The number of amides is 2. The van der Waals surface area contributed by atoms with E-state index in [-0.39, 0.29) is 17.4 Å². The van der Waals surface area contributed by atoms with Crippen molar-refractivity contribution in [3.8, 4) is 0 Å². The zero-order valence-electron chi connectivity index (χ0n) is 19.0. The van der Waals surface area contributed by atoms with Crippen LogP contribution in [0, 0.1) is 11.3 Å². The van der Waals surface area contributed by atoms with Crippen LogP contribution in [-0.4, -0.2) is 48.7 Å². The van der Waals surface area contributed by atoms with E-state index in [0.717, 1.165) is 28.2 Å². The third kappa shape index (κ3) is 4.98. The molecule has 1 saturated heterocycles. The number of aromatic nitrogens is 1. The lowest BCUT2D eigenvalue weighted by atomic mass is 9.68. The second kappa shape index (κ2) is 10.2. The van der Waals surface area contributed by atoms with Crippen molar-refractivity contribution in [1.29, 1.82) is 0 Å². The largest absolute Gasteiger partial charge is 0.380 e. The summed E-state index contributed by atoms with van der Waals surface area (Å²) in [7, 11) is 3.43. The number of fused-ring (bicyclic) bond motifs is 1. The van der Waals surface area contributed by atoms with Crippen molar-refractivity contribution >= 4 is 44.5 Å². The number of benzene rings is 1. The van der Waals surface area contributed by atoms with Gasteiger partial charge < -0.3 is 15.0 Å². The number of ether oxygens (including phenoxy) is 1. The fourth-order valence-corrected chi connectivity index (χ4v) is 5.23. The SMILES string of the molecule is CCCCCC(CC)C1(CC(=O)Nc2cn(C(=O)N(C)C)c3cccc(Br)c23)COC1. The summed E-state index contributed by atoms with van der Waals surface area (Å²) < 4.78 is 8.01. The van der Waals surface area contributed by atoms with Crippen molar-refractivity contribution in [2.75, 3.05) is 32.6 Å². The first-order chi connectivity index (χ1) is 14.8. The Morgan fingerprint density at radius 1 is 1.26 bits per heavy atom. The lowest BCUT2D eigenvalue weighted by Gasteiger charge is -2.47. The summed E-state index contributed by atoms with van der Waals surface area (Å²) in [6.07, 6.45) is 7.99. The standard InChI is InChI=1S/C24H34BrN3O3/c1-5-7-8-10-17(6-2)24(15-31-16-24)13-21(29)26-19-14-28(23(30)27(3)4)20-12-9-11-18(25)22(19)20/h9,11-12,14,17H,5-8,10,13,15-16H2,1-4H3,(H,26,29). The first kappa shape index (κ1) is 23.8. The Morgan fingerprint density at radius 2 is 2.00 bits per heavy atom. The summed E-state index contributed by atoms with van der Waals surface area (Å²) >= 11 is 3.58. The topological polar surface area (TPSA) is 63.6 Å². The molecule has 1 unspecified atom stereocenters. The monoisotopic (exact) mass is 491 g/mol. The van der Waals surface area contributed by atoms with E-state index >= 15 is 0 Å². The van der Waals surface area contributed by atoms with Crippen LogP contribution in [0.2, 0.25) is 0 Å². The Morgan fingerprint density at radius 3 is 2.58 bits per heavy atom. The van der Waals surface area contributed by atoms with E-state index in [9.17, 15) is 9.59 Å². The van der Waals surface area contributed by atoms with E-state index in [0.29, 0.717) is 31.2 Å². The van der Waals surface area contributed by atoms with Gasteiger partial charge in [-0.05, 0) is 24.5 Å². The minimum Gasteiger partial charge on any atom is -0.380 e. The molecule has 0 aliphatic carbocycles. The molecule has 1 aromatic carbocycles. The molecule has 3 rings (SSSR count). The number of nitrogens with one attached hydrogen (secondary N) is 1. The van der Waals surface area contributed by atoms with Gasteiger partial charge in [-0.15, -0.1) is 0 Å². The Hall–Kier alpha value is -1.86. The summed E-state index contributed by atoms with van der Waals surface area (Å²) in [5, 5.41) is 3.93. The van der Waals surface area contributed by atoms with Gasteiger partial charge in [0.05, 0.1) is 24.4 Å². The quantitative estimate of drug-likeness (QED) is 0.445. The zero-order valence-corrected chi connectivity index (χ0v) is 20.6. The second-order valence-corrected chi connectivity index (χ2v) is 9.76. The molecule has 31 heavy (non-hydrogen) atoms. The van der Waals surface area contributed by atoms with Crippen molar-refractivity contribution in [2.24, 2.45) is 11.3 Å². The molecule has 0 bridgehead atoms. The molecule has 2 amide bonds. The molecule has 6 nitrogen and oxygen atoms in total. The number of rotatable bonds is 9. The van der Waals surface area contributed by atoms with Crippen LogP contribution in [0.25, 0.3) is 10.9 Å². The summed E-state index contributed by atoms with van der Waals surface area (Å²) in [4.78, 5) is 27.3. The van der Waals surface area contributed by atoms with Crippen LogP contribution in [-0.2, 0) is 9.53 Å². The number of hydrogen-bond acceptors (Lipinski definition) is 3. The van der Waals surface area contributed by atoms with Gasteiger partial charge in [0.2, 0.25) is 5.91 Å². The molecule has 2 heterocycles. The van der Waals surface area contributed by atoms with Gasteiger partial charge in [0.25, 0.3) is 0 Å². The Balaban J connectivity index is 1.82. The fraction of sp³-hybridized carbons (Fsp3) is 0.583. The van der Waals surface area contributed by atoms with Crippen LogP contribution in [0.3, 0.4) is 0 Å². The van der Waals surface area contributed by atoms with E-state index in [1.54, 1.807) is 24.9 Å². The number of unbranched alkanes of at least 4 members (excludes halogenated alkanes) is 2. The minimum atomic E-state index is -0.158. The third-order valence-corrected chi connectivity index (χ3v) is 7.11. The first-order valence-corrected chi connectivity index (χ1v) is 12.0. The molecule has 1 aromatic heterocycles. The average molecular weight is 492 g/mol. The van der Waals surface area contributed by atoms with Crippen LogP contribution in [0.1, 0.15) is 52.4 Å². The number of anilines is 1. The van der Waals surface area contributed by atoms with Crippen LogP contribution < -0.4 is 5.32 Å². The van der Waals surface area contributed by atoms with Crippen molar-refractivity contribution in [3.63, 3.8) is 0 Å². The molecule has 1 aliphatic heterocycles. The number of carbonyl (C=O) groups is 2. The molecule has 1 aliphatic rings. The normalized spacial score (nSPS) is 16.0. The van der Waals surface area contributed by atoms with Crippen molar-refractivity contribution in [1.82, 2.24) is 9.47 Å². The molecule has 1 fully saturated rings. The maximum absolute atomic E-state index is 13.2. The molecule has 2 aromatic rings. The van der Waals surface area contributed by atoms with Gasteiger partial charge in [0, 0.05) is 42.0 Å². The number of halogens is 1. The van der Waals surface area contributed by atoms with Crippen molar-refractivity contribution in [2.45, 2.75) is 52.4 Å². The smallest absolute Gasteiger partial charge is 0.328 e. The molecule has 7 heteroatoms. The van der Waals surface area contributed by atoms with Gasteiger partial charge in [0.1, 0.15) is 0 Å². The highest BCUT2D eigenvalue weighted by molar-refractivity contribution is 9.10. The third-order valence-electron chi connectivity index (χ3n) is 6.45. The predicted octanol–water partition coefficient (Wildman–Crippen LogP) is 5.89. The van der Waals surface area contributed by atoms with E-state index in [1.807, 2.05) is 18.2 Å². The maximum atomic E-state index is 13.2. The highest BCUT2D eigenvalue weighted by Gasteiger charge is 2.46. The molecular formula is C24H34BrN3O3. The second-order valence-electron chi connectivity index (χ2n) is 8.90.